The summed E-state index contributed by atoms with van der Waals surface area (Å²) < 4.78 is 2.53. The van der Waals surface area contributed by atoms with E-state index in [-0.39, 0.29) is 0 Å². The summed E-state index contributed by atoms with van der Waals surface area (Å²) in [4.78, 5) is 14.7. The van der Waals surface area contributed by atoms with Crippen molar-refractivity contribution >= 4 is 47.9 Å². The van der Waals surface area contributed by atoms with Crippen molar-refractivity contribution in [3.63, 3.8) is 0 Å². The SMILES string of the molecule is C=C(c1ccc(-c2nc(-c3ccccc3)nc(-c3ccccc3)n2)cc1)c1c(-c2ccc3ccccc3c2C)ccc2c1sc1ccccc12. The van der Waals surface area contributed by atoms with Crippen LogP contribution in [0.3, 0.4) is 0 Å². The molecule has 0 fully saturated rings. The van der Waals surface area contributed by atoms with Crippen molar-refractivity contribution in [3.05, 3.63) is 181 Å². The maximum Gasteiger partial charge on any atom is 0.164 e. The van der Waals surface area contributed by atoms with Crippen LogP contribution >= 0.6 is 11.3 Å². The maximum atomic E-state index is 4.94. The lowest BCUT2D eigenvalue weighted by atomic mass is 9.87. The number of aromatic nitrogens is 3. The van der Waals surface area contributed by atoms with Gasteiger partial charge in [0.1, 0.15) is 0 Å². The van der Waals surface area contributed by atoms with Gasteiger partial charge in [0, 0.05) is 42.4 Å². The standard InChI is InChI=1S/C46H31N3S/c1-29(31-21-23-35(24-22-31)46-48-44(33-14-5-3-6-15-33)47-45(49-46)34-16-7-4-8-17-34)42-39(37-26-25-32-13-9-10-18-36(32)30(37)2)27-28-40-38-19-11-12-20-41(38)50-43(40)42/h3-28H,1H2,2H3. The van der Waals surface area contributed by atoms with E-state index in [0.717, 1.165) is 27.8 Å². The molecule has 2 heterocycles. The minimum Gasteiger partial charge on any atom is -0.208 e. The van der Waals surface area contributed by atoms with Gasteiger partial charge in [0.25, 0.3) is 0 Å². The second-order valence-electron chi connectivity index (χ2n) is 12.5. The molecule has 4 heteroatoms. The molecule has 0 spiro atoms. The number of aryl methyl sites for hydroxylation is 1. The van der Waals surface area contributed by atoms with Crippen LogP contribution in [0.15, 0.2) is 164 Å². The van der Waals surface area contributed by atoms with Gasteiger partial charge in [-0.25, -0.2) is 15.0 Å². The molecular weight excluding hydrogens is 627 g/mol. The van der Waals surface area contributed by atoms with Gasteiger partial charge in [-0.3, -0.25) is 0 Å². The highest BCUT2D eigenvalue weighted by molar-refractivity contribution is 7.26. The number of rotatable bonds is 6. The molecule has 0 aliphatic carbocycles. The third kappa shape index (κ3) is 5.18. The van der Waals surface area contributed by atoms with Crippen LogP contribution < -0.4 is 0 Å². The Balaban J connectivity index is 1.18. The molecule has 2 aromatic heterocycles. The van der Waals surface area contributed by atoms with Crippen LogP contribution in [0.1, 0.15) is 16.7 Å². The quantitative estimate of drug-likeness (QED) is 0.179. The summed E-state index contributed by atoms with van der Waals surface area (Å²) >= 11 is 1.84. The van der Waals surface area contributed by atoms with Crippen LogP contribution in [0.5, 0.6) is 0 Å². The van der Waals surface area contributed by atoms with E-state index < -0.39 is 0 Å². The fourth-order valence-electron chi connectivity index (χ4n) is 6.93. The molecule has 7 aromatic carbocycles. The minimum absolute atomic E-state index is 0.633. The van der Waals surface area contributed by atoms with Crippen molar-refractivity contribution < 1.29 is 0 Å². The van der Waals surface area contributed by atoms with Crippen LogP contribution in [0.2, 0.25) is 0 Å². The largest absolute Gasteiger partial charge is 0.208 e. The zero-order chi connectivity index (χ0) is 33.6. The van der Waals surface area contributed by atoms with Gasteiger partial charge >= 0.3 is 0 Å². The van der Waals surface area contributed by atoms with Gasteiger partial charge in [-0.2, -0.15) is 0 Å². The Morgan fingerprint density at radius 1 is 0.480 bits per heavy atom. The Labute approximate surface area is 294 Å². The smallest absolute Gasteiger partial charge is 0.164 e. The monoisotopic (exact) mass is 657 g/mol. The van der Waals surface area contributed by atoms with E-state index in [0.29, 0.717) is 17.5 Å². The van der Waals surface area contributed by atoms with E-state index in [4.69, 9.17) is 21.5 Å². The second-order valence-corrected chi connectivity index (χ2v) is 13.6. The number of benzene rings is 7. The highest BCUT2D eigenvalue weighted by Gasteiger charge is 2.20. The lowest BCUT2D eigenvalue weighted by Gasteiger charge is -2.17. The van der Waals surface area contributed by atoms with Crippen LogP contribution in [0.4, 0.5) is 0 Å². The molecule has 0 N–H and O–H groups in total. The van der Waals surface area contributed by atoms with Gasteiger partial charge < -0.3 is 0 Å². The van der Waals surface area contributed by atoms with Crippen molar-refractivity contribution in [1.82, 2.24) is 15.0 Å². The summed E-state index contributed by atoms with van der Waals surface area (Å²) in [5, 5.41) is 5.05. The minimum atomic E-state index is 0.633. The first-order chi connectivity index (χ1) is 24.6. The molecule has 0 amide bonds. The predicted molar refractivity (Wildman–Crippen MR) is 211 cm³/mol. The van der Waals surface area contributed by atoms with Gasteiger partial charge in [-0.05, 0) is 51.6 Å². The number of thiophene rings is 1. The zero-order valence-electron chi connectivity index (χ0n) is 27.5. The molecule has 0 atom stereocenters. The van der Waals surface area contributed by atoms with Crippen LogP contribution in [0, 0.1) is 6.92 Å². The Hall–Kier alpha value is -6.23. The third-order valence-corrected chi connectivity index (χ3v) is 10.7. The maximum absolute atomic E-state index is 4.94. The van der Waals surface area contributed by atoms with E-state index in [1.165, 1.54) is 53.2 Å². The van der Waals surface area contributed by atoms with Crippen molar-refractivity contribution in [3.8, 4) is 45.3 Å². The van der Waals surface area contributed by atoms with Gasteiger partial charge in [-0.15, -0.1) is 11.3 Å². The summed E-state index contributed by atoms with van der Waals surface area (Å²) in [7, 11) is 0. The number of hydrogen-bond acceptors (Lipinski definition) is 4. The molecule has 0 saturated heterocycles. The van der Waals surface area contributed by atoms with Crippen LogP contribution in [-0.2, 0) is 0 Å². The van der Waals surface area contributed by atoms with Gasteiger partial charge in [-0.1, -0.05) is 158 Å². The summed E-state index contributed by atoms with van der Waals surface area (Å²) in [6.45, 7) is 7.00. The van der Waals surface area contributed by atoms with E-state index in [2.05, 4.69) is 104 Å². The summed E-state index contributed by atoms with van der Waals surface area (Å²) in [6.07, 6.45) is 0. The van der Waals surface area contributed by atoms with Crippen molar-refractivity contribution in [2.45, 2.75) is 6.92 Å². The summed E-state index contributed by atoms with van der Waals surface area (Å²) in [5.74, 6) is 1.93. The third-order valence-electron chi connectivity index (χ3n) is 9.53. The van der Waals surface area contributed by atoms with Crippen molar-refractivity contribution in [1.29, 1.82) is 0 Å². The van der Waals surface area contributed by atoms with E-state index in [1.54, 1.807) is 0 Å². The zero-order valence-corrected chi connectivity index (χ0v) is 28.3. The molecule has 0 radical (unpaired) electrons. The number of hydrogen-bond donors (Lipinski definition) is 0. The average Bonchev–Trinajstić information content (AvgIpc) is 3.57. The second kappa shape index (κ2) is 12.3. The molecule has 9 rings (SSSR count). The molecule has 0 bridgehead atoms. The lowest BCUT2D eigenvalue weighted by Crippen LogP contribution is -2.00. The lowest BCUT2D eigenvalue weighted by molar-refractivity contribution is 1.07. The summed E-state index contributed by atoms with van der Waals surface area (Å²) in [6, 6.07) is 55.0. The molecule has 0 unspecified atom stereocenters. The van der Waals surface area contributed by atoms with Gasteiger partial charge in [0.15, 0.2) is 17.5 Å². The molecule has 0 saturated carbocycles. The van der Waals surface area contributed by atoms with Crippen molar-refractivity contribution in [2.75, 3.05) is 0 Å². The number of fused-ring (bicyclic) bond motifs is 4. The Kier molecular flexibility index (Phi) is 7.37. The normalized spacial score (nSPS) is 11.4. The molecule has 50 heavy (non-hydrogen) atoms. The molecule has 0 aliphatic heterocycles. The molecule has 236 valence electrons. The first-order valence-corrected chi connectivity index (χ1v) is 17.5. The highest BCUT2D eigenvalue weighted by atomic mass is 32.1. The summed E-state index contributed by atoms with van der Waals surface area (Å²) in [5.41, 5.74) is 9.73. The Morgan fingerprint density at radius 3 is 1.68 bits per heavy atom. The first-order valence-electron chi connectivity index (χ1n) is 16.7. The van der Waals surface area contributed by atoms with Gasteiger partial charge in [0.05, 0.1) is 0 Å². The Morgan fingerprint density at radius 2 is 1.02 bits per heavy atom. The van der Waals surface area contributed by atoms with E-state index in [9.17, 15) is 0 Å². The molecular formula is C46H31N3S. The molecule has 3 nitrogen and oxygen atoms in total. The van der Waals surface area contributed by atoms with Crippen molar-refractivity contribution in [2.24, 2.45) is 0 Å². The predicted octanol–water partition coefficient (Wildman–Crippen LogP) is 12.4. The van der Waals surface area contributed by atoms with Gasteiger partial charge in [0.2, 0.25) is 0 Å². The van der Waals surface area contributed by atoms with E-state index >= 15 is 0 Å². The number of nitrogens with zero attached hydrogens (tertiary/aromatic N) is 3. The molecule has 0 aliphatic rings. The van der Waals surface area contributed by atoms with Crippen LogP contribution in [-0.4, -0.2) is 15.0 Å². The first kappa shape index (κ1) is 29.9. The fraction of sp³-hybridized carbons (Fsp3) is 0.0217. The van der Waals surface area contributed by atoms with Crippen LogP contribution in [0.25, 0.3) is 81.8 Å². The topological polar surface area (TPSA) is 38.7 Å². The van der Waals surface area contributed by atoms with E-state index in [1.807, 2.05) is 72.0 Å². The highest BCUT2D eigenvalue weighted by Crippen LogP contribution is 2.45. The average molecular weight is 658 g/mol. The Bertz CT molecular complexity index is 2650. The molecule has 9 aromatic rings. The fourth-order valence-corrected chi connectivity index (χ4v) is 8.21.